The molecule has 2 rings (SSSR count). The number of benzene rings is 1. The Kier molecular flexibility index (Phi) is 6.08. The topological polar surface area (TPSA) is 71.8 Å². The largest absolute Gasteiger partial charge is 0.493 e. The Bertz CT molecular complexity index is 615. The van der Waals surface area contributed by atoms with Crippen molar-refractivity contribution < 1.29 is 19.0 Å². The molecule has 7 heteroatoms. The van der Waals surface area contributed by atoms with Crippen LogP contribution >= 0.6 is 11.6 Å². The predicted octanol–water partition coefficient (Wildman–Crippen LogP) is 2.50. The number of methoxy groups -OCH3 is 1. The molecule has 1 aliphatic rings. The lowest BCUT2D eigenvalue weighted by Crippen LogP contribution is -2.48. The average molecular weight is 339 g/mol. The van der Waals surface area contributed by atoms with Crippen LogP contribution in [0.15, 0.2) is 12.1 Å². The molecule has 1 heterocycles. The number of nitrogens with zero attached hydrogens (tertiary/aromatic N) is 2. The highest BCUT2D eigenvalue weighted by Crippen LogP contribution is 2.37. The zero-order chi connectivity index (χ0) is 16.8. The summed E-state index contributed by atoms with van der Waals surface area (Å²) in [5.74, 6) is 0.546. The highest BCUT2D eigenvalue weighted by Gasteiger charge is 2.29. The predicted molar refractivity (Wildman–Crippen MR) is 85.0 cm³/mol. The van der Waals surface area contributed by atoms with Gasteiger partial charge in [-0.25, -0.2) is 0 Å². The second-order valence-electron chi connectivity index (χ2n) is 5.06. The van der Waals surface area contributed by atoms with Crippen LogP contribution in [0.2, 0.25) is 5.02 Å². The van der Waals surface area contributed by atoms with Crippen molar-refractivity contribution in [2.24, 2.45) is 0 Å². The van der Waals surface area contributed by atoms with Gasteiger partial charge in [-0.05, 0) is 18.6 Å². The number of ether oxygens (including phenoxy) is 3. The number of hydrogen-bond donors (Lipinski definition) is 0. The van der Waals surface area contributed by atoms with Crippen molar-refractivity contribution in [2.45, 2.75) is 19.4 Å². The molecule has 0 radical (unpaired) electrons. The summed E-state index contributed by atoms with van der Waals surface area (Å²) >= 11 is 6.24. The number of morpholine rings is 1. The Morgan fingerprint density at radius 1 is 1.57 bits per heavy atom. The summed E-state index contributed by atoms with van der Waals surface area (Å²) in [6, 6.07) is 4.61. The minimum atomic E-state index is -0.600. The molecule has 0 aliphatic carbocycles. The van der Waals surface area contributed by atoms with Crippen molar-refractivity contribution in [1.29, 1.82) is 5.26 Å². The van der Waals surface area contributed by atoms with Crippen LogP contribution in [-0.2, 0) is 4.74 Å². The van der Waals surface area contributed by atoms with Crippen molar-refractivity contribution in [3.8, 4) is 17.6 Å². The standard InChI is InChI=1S/C16H19ClN2O4/c1-3-5-23-15-13(17)7-11(8-14(15)21-2)16(20)19-4-6-22-10-12(19)9-18/h7-8,12H,3-6,10H2,1-2H3/t12-/m1/s1. The molecule has 0 saturated carbocycles. The molecule has 0 unspecified atom stereocenters. The Labute approximate surface area is 140 Å². The van der Waals surface area contributed by atoms with Gasteiger partial charge in [0.2, 0.25) is 0 Å². The van der Waals surface area contributed by atoms with E-state index in [1.807, 2.05) is 6.92 Å². The number of halogens is 1. The van der Waals surface area contributed by atoms with E-state index in [9.17, 15) is 4.79 Å². The van der Waals surface area contributed by atoms with Gasteiger partial charge < -0.3 is 19.1 Å². The van der Waals surface area contributed by atoms with E-state index in [0.29, 0.717) is 41.8 Å². The molecular formula is C16H19ClN2O4. The molecule has 6 nitrogen and oxygen atoms in total. The lowest BCUT2D eigenvalue weighted by atomic mass is 10.1. The molecule has 23 heavy (non-hydrogen) atoms. The summed E-state index contributed by atoms with van der Waals surface area (Å²) in [6.07, 6.45) is 0.831. The number of nitriles is 1. The summed E-state index contributed by atoms with van der Waals surface area (Å²) in [5.41, 5.74) is 0.359. The molecular weight excluding hydrogens is 320 g/mol. The lowest BCUT2D eigenvalue weighted by Gasteiger charge is -2.31. The zero-order valence-corrected chi connectivity index (χ0v) is 13.9. The normalized spacial score (nSPS) is 17.5. The molecule has 1 aromatic rings. The van der Waals surface area contributed by atoms with E-state index in [2.05, 4.69) is 6.07 Å². The van der Waals surface area contributed by atoms with E-state index in [-0.39, 0.29) is 12.5 Å². The molecule has 1 fully saturated rings. The Morgan fingerprint density at radius 2 is 2.35 bits per heavy atom. The minimum absolute atomic E-state index is 0.213. The Morgan fingerprint density at radius 3 is 3.00 bits per heavy atom. The van der Waals surface area contributed by atoms with Crippen LogP contribution in [0.25, 0.3) is 0 Å². The van der Waals surface area contributed by atoms with Crippen LogP contribution in [0.4, 0.5) is 0 Å². The number of rotatable bonds is 5. The van der Waals surface area contributed by atoms with Gasteiger partial charge in [0.25, 0.3) is 5.91 Å². The van der Waals surface area contributed by atoms with Crippen LogP contribution in [0.5, 0.6) is 11.5 Å². The molecule has 1 saturated heterocycles. The molecule has 1 aromatic carbocycles. The molecule has 0 bridgehead atoms. The van der Waals surface area contributed by atoms with E-state index >= 15 is 0 Å². The van der Waals surface area contributed by atoms with E-state index in [1.165, 1.54) is 12.0 Å². The van der Waals surface area contributed by atoms with Crippen molar-refractivity contribution in [3.63, 3.8) is 0 Å². The molecule has 1 aliphatic heterocycles. The van der Waals surface area contributed by atoms with Crippen molar-refractivity contribution in [1.82, 2.24) is 4.90 Å². The smallest absolute Gasteiger partial charge is 0.255 e. The summed E-state index contributed by atoms with van der Waals surface area (Å²) < 4.78 is 16.1. The Hall–Kier alpha value is -1.97. The first-order valence-corrected chi connectivity index (χ1v) is 7.78. The van der Waals surface area contributed by atoms with Gasteiger partial charge in [0.15, 0.2) is 11.5 Å². The number of hydrogen-bond acceptors (Lipinski definition) is 5. The highest BCUT2D eigenvalue weighted by atomic mass is 35.5. The molecule has 1 atom stereocenters. The van der Waals surface area contributed by atoms with Crippen molar-refractivity contribution >= 4 is 17.5 Å². The summed E-state index contributed by atoms with van der Waals surface area (Å²) in [6.45, 7) is 3.48. The second-order valence-corrected chi connectivity index (χ2v) is 5.46. The van der Waals surface area contributed by atoms with E-state index in [4.69, 9.17) is 31.1 Å². The number of amides is 1. The SMILES string of the molecule is CCCOc1c(Cl)cc(C(=O)N2CCOC[C@H]2C#N)cc1OC. The fourth-order valence-corrected chi connectivity index (χ4v) is 2.57. The van der Waals surface area contributed by atoms with E-state index in [1.54, 1.807) is 12.1 Å². The molecule has 124 valence electrons. The van der Waals surface area contributed by atoms with Crippen LogP contribution in [0, 0.1) is 11.3 Å². The highest BCUT2D eigenvalue weighted by molar-refractivity contribution is 6.32. The summed E-state index contributed by atoms with van der Waals surface area (Å²) in [5, 5.41) is 9.47. The fraction of sp³-hybridized carbons (Fsp3) is 0.500. The maximum absolute atomic E-state index is 12.7. The van der Waals surface area contributed by atoms with E-state index in [0.717, 1.165) is 6.42 Å². The lowest BCUT2D eigenvalue weighted by molar-refractivity contribution is 0.0132. The third kappa shape index (κ3) is 3.87. The van der Waals surface area contributed by atoms with Gasteiger partial charge in [-0.3, -0.25) is 4.79 Å². The maximum Gasteiger partial charge on any atom is 0.255 e. The van der Waals surface area contributed by atoms with Gasteiger partial charge in [-0.2, -0.15) is 5.26 Å². The first-order chi connectivity index (χ1) is 11.1. The van der Waals surface area contributed by atoms with Gasteiger partial charge in [0, 0.05) is 12.1 Å². The Balaban J connectivity index is 2.30. The average Bonchev–Trinajstić information content (AvgIpc) is 2.59. The minimum Gasteiger partial charge on any atom is -0.493 e. The van der Waals surface area contributed by atoms with Crippen molar-refractivity contribution in [3.05, 3.63) is 22.7 Å². The summed E-state index contributed by atoms with van der Waals surface area (Å²) in [4.78, 5) is 14.2. The first kappa shape index (κ1) is 17.4. The van der Waals surface area contributed by atoms with Crippen molar-refractivity contribution in [2.75, 3.05) is 33.5 Å². The van der Waals surface area contributed by atoms with Gasteiger partial charge >= 0.3 is 0 Å². The monoisotopic (exact) mass is 338 g/mol. The van der Waals surface area contributed by atoms with Crippen LogP contribution in [0.1, 0.15) is 23.7 Å². The van der Waals surface area contributed by atoms with Gasteiger partial charge in [0.1, 0.15) is 6.04 Å². The van der Waals surface area contributed by atoms with Crippen LogP contribution in [-0.4, -0.2) is 50.3 Å². The quantitative estimate of drug-likeness (QED) is 0.824. The van der Waals surface area contributed by atoms with Gasteiger partial charge in [0.05, 0.1) is 38.0 Å². The first-order valence-electron chi connectivity index (χ1n) is 7.41. The van der Waals surface area contributed by atoms with E-state index < -0.39 is 6.04 Å². The molecule has 0 N–H and O–H groups in total. The molecule has 0 aromatic heterocycles. The fourth-order valence-electron chi connectivity index (χ4n) is 2.31. The summed E-state index contributed by atoms with van der Waals surface area (Å²) in [7, 11) is 1.49. The van der Waals surface area contributed by atoms with Gasteiger partial charge in [-0.15, -0.1) is 0 Å². The second kappa shape index (κ2) is 8.04. The third-order valence-electron chi connectivity index (χ3n) is 3.47. The maximum atomic E-state index is 12.7. The van der Waals surface area contributed by atoms with Crippen LogP contribution < -0.4 is 9.47 Å². The number of carbonyl (C=O) groups is 1. The van der Waals surface area contributed by atoms with Crippen LogP contribution in [0.3, 0.4) is 0 Å². The molecule has 0 spiro atoms. The third-order valence-corrected chi connectivity index (χ3v) is 3.75. The molecule has 1 amide bonds. The number of carbonyl (C=O) groups excluding carboxylic acids is 1. The van der Waals surface area contributed by atoms with Gasteiger partial charge in [-0.1, -0.05) is 18.5 Å². The zero-order valence-electron chi connectivity index (χ0n) is 13.2.